The number of rotatable bonds is 4. The zero-order valence-electron chi connectivity index (χ0n) is 9.13. The van der Waals surface area contributed by atoms with Gasteiger partial charge in [0.05, 0.1) is 0 Å². The van der Waals surface area contributed by atoms with Gasteiger partial charge in [0.2, 0.25) is 0 Å². The molecule has 0 radical (unpaired) electrons. The van der Waals surface area contributed by atoms with Crippen molar-refractivity contribution < 1.29 is 13.9 Å². The first-order valence-electron chi connectivity index (χ1n) is 5.40. The largest absolute Gasteiger partial charge is 0.383 e. The van der Waals surface area contributed by atoms with Crippen molar-refractivity contribution in [1.29, 1.82) is 0 Å². The molecule has 1 aromatic carbocycles. The quantitative estimate of drug-likeness (QED) is 0.821. The summed E-state index contributed by atoms with van der Waals surface area (Å²) < 4.78 is 26.7. The highest BCUT2D eigenvalue weighted by atomic mass is 19.1. The first-order chi connectivity index (χ1) is 7.58. The Morgan fingerprint density at radius 3 is 2.69 bits per heavy atom. The second-order valence-electron chi connectivity index (χ2n) is 4.35. The summed E-state index contributed by atoms with van der Waals surface area (Å²) in [6.07, 6.45) is 1.71. The van der Waals surface area contributed by atoms with E-state index in [-0.39, 0.29) is 18.0 Å². The van der Waals surface area contributed by atoms with E-state index in [9.17, 15) is 13.9 Å². The van der Waals surface area contributed by atoms with Gasteiger partial charge >= 0.3 is 0 Å². The topological polar surface area (TPSA) is 32.3 Å². The van der Waals surface area contributed by atoms with Crippen LogP contribution in [0.1, 0.15) is 18.4 Å². The van der Waals surface area contributed by atoms with Crippen molar-refractivity contribution in [2.24, 2.45) is 5.92 Å². The molecule has 88 valence electrons. The molecule has 1 aliphatic carbocycles. The molecule has 0 amide bonds. The van der Waals surface area contributed by atoms with Crippen LogP contribution in [0.5, 0.6) is 0 Å². The lowest BCUT2D eigenvalue weighted by Crippen LogP contribution is -2.39. The van der Waals surface area contributed by atoms with Gasteiger partial charge in [-0.25, -0.2) is 8.78 Å². The fourth-order valence-corrected chi connectivity index (χ4v) is 2.12. The van der Waals surface area contributed by atoms with Crippen LogP contribution in [0.3, 0.4) is 0 Å². The van der Waals surface area contributed by atoms with Crippen molar-refractivity contribution in [3.8, 4) is 0 Å². The van der Waals surface area contributed by atoms with E-state index in [1.165, 1.54) is 0 Å². The third-order valence-electron chi connectivity index (χ3n) is 3.09. The fourth-order valence-electron chi connectivity index (χ4n) is 2.12. The Morgan fingerprint density at radius 2 is 2.12 bits per heavy atom. The summed E-state index contributed by atoms with van der Waals surface area (Å²) in [4.78, 5) is 0. The molecular weight excluding hydrogens is 212 g/mol. The van der Waals surface area contributed by atoms with Crippen molar-refractivity contribution in [1.82, 2.24) is 5.32 Å². The van der Waals surface area contributed by atoms with Gasteiger partial charge in [0.1, 0.15) is 17.2 Å². The van der Waals surface area contributed by atoms with Crippen molar-refractivity contribution >= 4 is 0 Å². The maximum Gasteiger partial charge on any atom is 0.129 e. The lowest BCUT2D eigenvalue weighted by molar-refractivity contribution is 0.0116. The second kappa shape index (κ2) is 4.11. The first-order valence-corrected chi connectivity index (χ1v) is 5.40. The van der Waals surface area contributed by atoms with E-state index in [0.29, 0.717) is 0 Å². The molecule has 1 aromatic rings. The van der Waals surface area contributed by atoms with Gasteiger partial charge in [-0.1, -0.05) is 0 Å². The van der Waals surface area contributed by atoms with Crippen LogP contribution in [-0.2, 0) is 5.60 Å². The number of hydrogen-bond acceptors (Lipinski definition) is 2. The summed E-state index contributed by atoms with van der Waals surface area (Å²) in [6, 6.07) is 3.21. The molecule has 16 heavy (non-hydrogen) atoms. The molecule has 0 heterocycles. The van der Waals surface area contributed by atoms with Gasteiger partial charge in [0.15, 0.2) is 0 Å². The molecule has 0 aliphatic heterocycles. The molecule has 1 aliphatic rings. The molecule has 2 rings (SSSR count). The molecule has 1 fully saturated rings. The lowest BCUT2D eigenvalue weighted by atomic mass is 9.88. The van der Waals surface area contributed by atoms with Crippen LogP contribution in [0, 0.1) is 17.6 Å². The number of nitrogens with one attached hydrogen (secondary N) is 1. The number of benzene rings is 1. The van der Waals surface area contributed by atoms with Crippen molar-refractivity contribution in [2.45, 2.75) is 18.4 Å². The molecular formula is C12H15F2NO. The Morgan fingerprint density at radius 1 is 1.44 bits per heavy atom. The molecule has 4 heteroatoms. The van der Waals surface area contributed by atoms with Crippen molar-refractivity contribution in [2.75, 3.05) is 13.6 Å². The molecule has 0 spiro atoms. The predicted molar refractivity (Wildman–Crippen MR) is 56.9 cm³/mol. The fraction of sp³-hybridized carbons (Fsp3) is 0.500. The molecule has 0 bridgehead atoms. The van der Waals surface area contributed by atoms with E-state index >= 15 is 0 Å². The monoisotopic (exact) mass is 227 g/mol. The zero-order chi connectivity index (χ0) is 11.8. The average molecular weight is 227 g/mol. The van der Waals surface area contributed by atoms with Crippen molar-refractivity contribution in [3.05, 3.63) is 35.4 Å². The highest BCUT2D eigenvalue weighted by Gasteiger charge is 2.46. The minimum absolute atomic E-state index is 0.0243. The molecule has 0 saturated heterocycles. The van der Waals surface area contributed by atoms with Crippen LogP contribution >= 0.6 is 0 Å². The first kappa shape index (κ1) is 11.5. The highest BCUT2D eigenvalue weighted by molar-refractivity contribution is 5.28. The molecule has 0 aromatic heterocycles. The van der Waals surface area contributed by atoms with Gasteiger partial charge in [-0.05, 0) is 44.0 Å². The number of hydrogen-bond donors (Lipinski definition) is 2. The summed E-state index contributed by atoms with van der Waals surface area (Å²) in [7, 11) is 1.69. The van der Waals surface area contributed by atoms with Crippen LogP contribution in [0.2, 0.25) is 0 Å². The van der Waals surface area contributed by atoms with Crippen LogP contribution in [0.15, 0.2) is 18.2 Å². The number of likely N-dealkylation sites (N-methyl/N-ethyl adjacent to an activating group) is 1. The standard InChI is InChI=1S/C12H15F2NO/c1-15-7-12(16,8-2-3-8)10-6-9(13)4-5-11(10)14/h4-6,8,15-16H,2-3,7H2,1H3. The molecule has 2 nitrogen and oxygen atoms in total. The van der Waals surface area contributed by atoms with E-state index in [0.717, 1.165) is 31.0 Å². The highest BCUT2D eigenvalue weighted by Crippen LogP contribution is 2.46. The van der Waals surface area contributed by atoms with Gasteiger partial charge in [-0.3, -0.25) is 0 Å². The maximum absolute atomic E-state index is 13.6. The predicted octanol–water partition coefficient (Wildman–Crippen LogP) is 1.78. The van der Waals surface area contributed by atoms with Crippen molar-refractivity contribution in [3.63, 3.8) is 0 Å². The molecule has 1 unspecified atom stereocenters. The van der Waals surface area contributed by atoms with Crippen LogP contribution in [-0.4, -0.2) is 18.7 Å². The third kappa shape index (κ3) is 1.95. The summed E-state index contributed by atoms with van der Waals surface area (Å²) in [5.41, 5.74) is -1.23. The van der Waals surface area contributed by atoms with E-state index in [1.54, 1.807) is 7.05 Å². The summed E-state index contributed by atoms with van der Waals surface area (Å²) >= 11 is 0. The Balaban J connectivity index is 2.41. The van der Waals surface area contributed by atoms with Crippen LogP contribution < -0.4 is 5.32 Å². The summed E-state index contributed by atoms with van der Waals surface area (Å²) in [5.74, 6) is -1.05. The van der Waals surface area contributed by atoms with Gasteiger partial charge in [0.25, 0.3) is 0 Å². The van der Waals surface area contributed by atoms with E-state index in [1.807, 2.05) is 0 Å². The van der Waals surface area contributed by atoms with Gasteiger partial charge in [0, 0.05) is 12.1 Å². The minimum Gasteiger partial charge on any atom is -0.383 e. The van der Waals surface area contributed by atoms with E-state index in [2.05, 4.69) is 5.32 Å². The maximum atomic E-state index is 13.6. The third-order valence-corrected chi connectivity index (χ3v) is 3.09. The second-order valence-corrected chi connectivity index (χ2v) is 4.35. The van der Waals surface area contributed by atoms with Gasteiger partial charge in [-0.2, -0.15) is 0 Å². The number of aliphatic hydroxyl groups is 1. The minimum atomic E-state index is -1.29. The Bertz CT molecular complexity index is 393. The molecule has 2 N–H and O–H groups in total. The van der Waals surface area contributed by atoms with E-state index < -0.39 is 17.2 Å². The summed E-state index contributed by atoms with van der Waals surface area (Å²) in [5, 5.41) is 13.3. The number of halogens is 2. The van der Waals surface area contributed by atoms with Gasteiger partial charge < -0.3 is 10.4 Å². The Hall–Kier alpha value is -1.00. The average Bonchev–Trinajstić information content (AvgIpc) is 3.05. The normalized spacial score (nSPS) is 19.5. The Kier molecular flexibility index (Phi) is 2.95. The van der Waals surface area contributed by atoms with Crippen LogP contribution in [0.25, 0.3) is 0 Å². The molecule has 1 atom stereocenters. The van der Waals surface area contributed by atoms with E-state index in [4.69, 9.17) is 0 Å². The Labute approximate surface area is 93.3 Å². The molecule has 1 saturated carbocycles. The lowest BCUT2D eigenvalue weighted by Gasteiger charge is -2.29. The summed E-state index contributed by atoms with van der Waals surface area (Å²) in [6.45, 7) is 0.234. The van der Waals surface area contributed by atoms with Crippen LogP contribution in [0.4, 0.5) is 8.78 Å². The SMILES string of the molecule is CNCC(O)(c1cc(F)ccc1F)C1CC1. The van der Waals surface area contributed by atoms with Gasteiger partial charge in [-0.15, -0.1) is 0 Å². The smallest absolute Gasteiger partial charge is 0.129 e. The zero-order valence-corrected chi connectivity index (χ0v) is 9.13.